The molecule has 0 spiro atoms. The van der Waals surface area contributed by atoms with Gasteiger partial charge in [-0.1, -0.05) is 6.07 Å². The summed E-state index contributed by atoms with van der Waals surface area (Å²) in [5.74, 6) is -3.48. The molecule has 1 aromatic heterocycles. The summed E-state index contributed by atoms with van der Waals surface area (Å²) < 4.78 is 31.4. The Labute approximate surface area is 131 Å². The Hall–Kier alpha value is -2.70. The van der Waals surface area contributed by atoms with Crippen LogP contribution in [0.15, 0.2) is 34.9 Å². The van der Waals surface area contributed by atoms with Crippen LogP contribution >= 0.6 is 0 Å². The van der Waals surface area contributed by atoms with E-state index in [4.69, 9.17) is 9.52 Å². The quantitative estimate of drug-likeness (QED) is 0.887. The monoisotopic (exact) mass is 323 g/mol. The molecule has 0 unspecified atom stereocenters. The number of aryl methyl sites for hydroxylation is 1. The highest BCUT2D eigenvalue weighted by Crippen LogP contribution is 2.16. The number of amides is 1. The van der Waals surface area contributed by atoms with Crippen LogP contribution < -0.4 is 0 Å². The Morgan fingerprint density at radius 1 is 1.22 bits per heavy atom. The zero-order valence-electron chi connectivity index (χ0n) is 12.4. The van der Waals surface area contributed by atoms with Crippen LogP contribution in [0.1, 0.15) is 28.1 Å². The van der Waals surface area contributed by atoms with Gasteiger partial charge in [0.2, 0.25) is 0 Å². The standard InChI is InChI=1S/C16H15F2NO4/c1-10-5-7-23-15(10)16(22)19(6-4-14(20)21)9-11-2-3-12(17)13(18)8-11/h2-3,5,7-8H,4,6,9H2,1H3,(H,20,21). The fraction of sp³-hybridized carbons (Fsp3) is 0.250. The predicted molar refractivity (Wildman–Crippen MR) is 76.8 cm³/mol. The molecule has 2 aromatic rings. The van der Waals surface area contributed by atoms with Gasteiger partial charge in [0.25, 0.3) is 5.91 Å². The topological polar surface area (TPSA) is 70.8 Å². The van der Waals surface area contributed by atoms with E-state index < -0.39 is 23.5 Å². The van der Waals surface area contributed by atoms with E-state index in [0.29, 0.717) is 11.1 Å². The summed E-state index contributed by atoms with van der Waals surface area (Å²) >= 11 is 0. The third-order valence-electron chi connectivity index (χ3n) is 3.30. The number of carbonyl (C=O) groups is 2. The molecule has 23 heavy (non-hydrogen) atoms. The molecule has 5 nitrogen and oxygen atoms in total. The van der Waals surface area contributed by atoms with Crippen molar-refractivity contribution in [2.75, 3.05) is 6.54 Å². The maximum atomic E-state index is 13.3. The zero-order chi connectivity index (χ0) is 17.0. The lowest BCUT2D eigenvalue weighted by molar-refractivity contribution is -0.137. The van der Waals surface area contributed by atoms with E-state index in [9.17, 15) is 18.4 Å². The molecule has 1 heterocycles. The van der Waals surface area contributed by atoms with Gasteiger partial charge in [0.05, 0.1) is 12.7 Å². The number of aliphatic carboxylic acids is 1. The molecular formula is C16H15F2NO4. The minimum atomic E-state index is -1.07. The van der Waals surface area contributed by atoms with Crippen molar-refractivity contribution in [2.24, 2.45) is 0 Å². The highest BCUT2D eigenvalue weighted by Gasteiger charge is 2.22. The smallest absolute Gasteiger partial charge is 0.305 e. The molecule has 0 saturated carbocycles. The number of halogens is 2. The van der Waals surface area contributed by atoms with E-state index in [1.165, 1.54) is 17.2 Å². The molecule has 1 aromatic carbocycles. The van der Waals surface area contributed by atoms with Crippen LogP contribution in [0.25, 0.3) is 0 Å². The summed E-state index contributed by atoms with van der Waals surface area (Å²) in [4.78, 5) is 24.5. The molecule has 122 valence electrons. The van der Waals surface area contributed by atoms with E-state index in [-0.39, 0.29) is 25.3 Å². The summed E-state index contributed by atoms with van der Waals surface area (Å²) in [7, 11) is 0. The summed E-state index contributed by atoms with van der Waals surface area (Å²) in [5.41, 5.74) is 0.965. The van der Waals surface area contributed by atoms with E-state index in [1.54, 1.807) is 13.0 Å². The molecule has 0 radical (unpaired) electrons. The van der Waals surface area contributed by atoms with Gasteiger partial charge < -0.3 is 14.4 Å². The van der Waals surface area contributed by atoms with Crippen molar-refractivity contribution >= 4 is 11.9 Å². The SMILES string of the molecule is Cc1ccoc1C(=O)N(CCC(=O)O)Cc1ccc(F)c(F)c1. The molecule has 0 aliphatic heterocycles. The number of rotatable bonds is 6. The largest absolute Gasteiger partial charge is 0.481 e. The highest BCUT2D eigenvalue weighted by atomic mass is 19.2. The number of furan rings is 1. The molecular weight excluding hydrogens is 308 g/mol. The molecule has 0 aliphatic carbocycles. The Morgan fingerprint density at radius 3 is 2.52 bits per heavy atom. The van der Waals surface area contributed by atoms with E-state index in [2.05, 4.69) is 0 Å². The van der Waals surface area contributed by atoms with Gasteiger partial charge in [-0.2, -0.15) is 0 Å². The van der Waals surface area contributed by atoms with Gasteiger partial charge in [-0.05, 0) is 30.7 Å². The summed E-state index contributed by atoms with van der Waals surface area (Å²) in [6.07, 6.45) is 1.09. The number of nitrogens with zero attached hydrogens (tertiary/aromatic N) is 1. The van der Waals surface area contributed by atoms with Crippen molar-refractivity contribution in [2.45, 2.75) is 19.9 Å². The Kier molecular flexibility index (Phi) is 5.10. The van der Waals surface area contributed by atoms with Gasteiger partial charge in [0, 0.05) is 18.7 Å². The Bertz CT molecular complexity index is 727. The lowest BCUT2D eigenvalue weighted by Crippen LogP contribution is -2.32. The van der Waals surface area contributed by atoms with Gasteiger partial charge in [0.15, 0.2) is 17.4 Å². The summed E-state index contributed by atoms with van der Waals surface area (Å²) in [5, 5.41) is 8.80. The lowest BCUT2D eigenvalue weighted by Gasteiger charge is -2.21. The summed E-state index contributed by atoms with van der Waals surface area (Å²) in [6, 6.07) is 4.89. The lowest BCUT2D eigenvalue weighted by atomic mass is 10.1. The molecule has 0 bridgehead atoms. The van der Waals surface area contributed by atoms with Gasteiger partial charge >= 0.3 is 5.97 Å². The normalized spacial score (nSPS) is 10.6. The minimum absolute atomic E-state index is 0.0521. The first-order valence-corrected chi connectivity index (χ1v) is 6.87. The van der Waals surface area contributed by atoms with Crippen LogP contribution in [0.3, 0.4) is 0 Å². The van der Waals surface area contributed by atoms with Crippen molar-refractivity contribution in [3.05, 3.63) is 59.1 Å². The van der Waals surface area contributed by atoms with Crippen molar-refractivity contribution < 1.29 is 27.9 Å². The van der Waals surface area contributed by atoms with Crippen molar-refractivity contribution in [3.8, 4) is 0 Å². The maximum absolute atomic E-state index is 13.3. The van der Waals surface area contributed by atoms with E-state index in [1.807, 2.05) is 0 Å². The molecule has 0 atom stereocenters. The molecule has 0 saturated heterocycles. The van der Waals surface area contributed by atoms with Crippen molar-refractivity contribution in [3.63, 3.8) is 0 Å². The van der Waals surface area contributed by atoms with Gasteiger partial charge in [-0.15, -0.1) is 0 Å². The molecule has 1 amide bonds. The number of carbonyl (C=O) groups excluding carboxylic acids is 1. The second-order valence-electron chi connectivity index (χ2n) is 5.05. The predicted octanol–water partition coefficient (Wildman–Crippen LogP) is 2.98. The van der Waals surface area contributed by atoms with Crippen LogP contribution in [-0.2, 0) is 11.3 Å². The van der Waals surface area contributed by atoms with Crippen LogP contribution in [0.2, 0.25) is 0 Å². The Balaban J connectivity index is 2.22. The molecule has 7 heteroatoms. The van der Waals surface area contributed by atoms with Crippen LogP contribution in [-0.4, -0.2) is 28.4 Å². The van der Waals surface area contributed by atoms with Crippen molar-refractivity contribution in [1.29, 1.82) is 0 Å². The third kappa shape index (κ3) is 4.15. The van der Waals surface area contributed by atoms with Crippen molar-refractivity contribution in [1.82, 2.24) is 4.90 Å². The number of carboxylic acids is 1. The summed E-state index contributed by atoms with van der Waals surface area (Å²) in [6.45, 7) is 1.56. The second kappa shape index (κ2) is 7.04. The average molecular weight is 323 g/mol. The minimum Gasteiger partial charge on any atom is -0.481 e. The molecule has 0 fully saturated rings. The average Bonchev–Trinajstić information content (AvgIpc) is 2.92. The number of hydrogen-bond acceptors (Lipinski definition) is 3. The zero-order valence-corrected chi connectivity index (χ0v) is 12.4. The van der Waals surface area contributed by atoms with Gasteiger partial charge in [-0.25, -0.2) is 8.78 Å². The van der Waals surface area contributed by atoms with Crippen LogP contribution in [0.5, 0.6) is 0 Å². The first kappa shape index (κ1) is 16.7. The van der Waals surface area contributed by atoms with Gasteiger partial charge in [0.1, 0.15) is 0 Å². The fourth-order valence-electron chi connectivity index (χ4n) is 2.08. The Morgan fingerprint density at radius 2 is 1.96 bits per heavy atom. The first-order chi connectivity index (χ1) is 10.9. The number of hydrogen-bond donors (Lipinski definition) is 1. The van der Waals surface area contributed by atoms with Crippen LogP contribution in [0.4, 0.5) is 8.78 Å². The second-order valence-corrected chi connectivity index (χ2v) is 5.05. The number of carboxylic acid groups (broad SMARTS) is 1. The fourth-order valence-corrected chi connectivity index (χ4v) is 2.08. The molecule has 1 N–H and O–H groups in total. The van der Waals surface area contributed by atoms with E-state index >= 15 is 0 Å². The maximum Gasteiger partial charge on any atom is 0.305 e. The van der Waals surface area contributed by atoms with Crippen LogP contribution in [0, 0.1) is 18.6 Å². The molecule has 0 aliphatic rings. The van der Waals surface area contributed by atoms with E-state index in [0.717, 1.165) is 12.1 Å². The third-order valence-corrected chi connectivity index (χ3v) is 3.30. The molecule has 2 rings (SSSR count). The first-order valence-electron chi connectivity index (χ1n) is 6.87. The highest BCUT2D eigenvalue weighted by molar-refractivity contribution is 5.93. The number of benzene rings is 1. The van der Waals surface area contributed by atoms with Gasteiger partial charge in [-0.3, -0.25) is 9.59 Å².